The Labute approximate surface area is 208 Å². The predicted molar refractivity (Wildman–Crippen MR) is 137 cm³/mol. The molecule has 0 aromatic heterocycles. The molecule has 3 aromatic rings. The Hall–Kier alpha value is -2.88. The number of nitrogens with zero attached hydrogens (tertiary/aromatic N) is 1. The summed E-state index contributed by atoms with van der Waals surface area (Å²) in [5.41, 5.74) is 2.34. The van der Waals surface area contributed by atoms with Crippen molar-refractivity contribution in [3.8, 4) is 22.6 Å². The third-order valence-electron chi connectivity index (χ3n) is 5.19. The fourth-order valence-corrected chi connectivity index (χ4v) is 5.39. The van der Waals surface area contributed by atoms with Crippen molar-refractivity contribution in [2.75, 3.05) is 32.1 Å². The monoisotopic (exact) mass is 546 g/mol. The lowest BCUT2D eigenvalue weighted by Crippen LogP contribution is -2.30. The molecule has 7 nitrogen and oxygen atoms in total. The van der Waals surface area contributed by atoms with Crippen molar-refractivity contribution < 1.29 is 22.7 Å². The second kappa shape index (κ2) is 11.5. The Kier molecular flexibility index (Phi) is 8.71. The van der Waals surface area contributed by atoms with E-state index in [1.54, 1.807) is 19.9 Å². The molecule has 9 heteroatoms. The van der Waals surface area contributed by atoms with Crippen molar-refractivity contribution in [3.63, 3.8) is 0 Å². The number of anilines is 1. The molecule has 34 heavy (non-hydrogen) atoms. The Morgan fingerprint density at radius 2 is 1.62 bits per heavy atom. The van der Waals surface area contributed by atoms with E-state index in [2.05, 4.69) is 21.2 Å². The molecule has 1 amide bonds. The number of amides is 1. The topological polar surface area (TPSA) is 84.9 Å². The summed E-state index contributed by atoms with van der Waals surface area (Å²) in [6, 6.07) is 19.9. The molecule has 3 aromatic carbocycles. The minimum absolute atomic E-state index is 0.0764. The zero-order chi connectivity index (χ0) is 24.7. The second-order valence-corrected chi connectivity index (χ2v) is 10.1. The van der Waals surface area contributed by atoms with Crippen molar-refractivity contribution in [1.29, 1.82) is 0 Å². The number of halogens is 1. The second-order valence-electron chi connectivity index (χ2n) is 7.30. The Bertz CT molecular complexity index is 1250. The number of rotatable bonds is 10. The van der Waals surface area contributed by atoms with E-state index in [-0.39, 0.29) is 17.2 Å². The van der Waals surface area contributed by atoms with E-state index < -0.39 is 15.9 Å². The van der Waals surface area contributed by atoms with Gasteiger partial charge in [-0.2, -0.15) is 4.31 Å². The summed E-state index contributed by atoms with van der Waals surface area (Å²) in [7, 11) is -2.23. The Morgan fingerprint density at radius 1 is 0.941 bits per heavy atom. The molecule has 180 valence electrons. The fraction of sp³-hybridized carbons (Fsp3) is 0.240. The van der Waals surface area contributed by atoms with Crippen LogP contribution < -0.4 is 14.8 Å². The fourth-order valence-electron chi connectivity index (χ4n) is 3.42. The number of hydrogen-bond donors (Lipinski definition) is 1. The highest BCUT2D eigenvalue weighted by Gasteiger charge is 2.23. The van der Waals surface area contributed by atoms with Gasteiger partial charge in [0, 0.05) is 13.1 Å². The standard InChI is InChI=1S/C25H27BrN2O5S/c1-4-28(5-2)34(30,31)20-12-14-24(32-3)22(16-20)27-25(29)17-33-23-13-11-19(15-21(23)26)18-9-7-6-8-10-18/h6-16H,4-5,17H2,1-3H3,(H,27,29). The van der Waals surface area contributed by atoms with Gasteiger partial charge in [0.15, 0.2) is 6.61 Å². The van der Waals surface area contributed by atoms with Crippen LogP contribution in [0.2, 0.25) is 0 Å². The van der Waals surface area contributed by atoms with Gasteiger partial charge < -0.3 is 14.8 Å². The molecule has 0 aliphatic carbocycles. The summed E-state index contributed by atoms with van der Waals surface area (Å²) in [4.78, 5) is 12.7. The lowest BCUT2D eigenvalue weighted by atomic mass is 10.1. The number of ether oxygens (including phenoxy) is 2. The van der Waals surface area contributed by atoms with E-state index >= 15 is 0 Å². The molecule has 0 spiro atoms. The molecule has 0 heterocycles. The smallest absolute Gasteiger partial charge is 0.262 e. The van der Waals surface area contributed by atoms with Gasteiger partial charge in [-0.3, -0.25) is 4.79 Å². The van der Waals surface area contributed by atoms with Gasteiger partial charge in [0.1, 0.15) is 11.5 Å². The van der Waals surface area contributed by atoms with Gasteiger partial charge >= 0.3 is 0 Å². The molecule has 0 radical (unpaired) electrons. The molecule has 0 atom stereocenters. The first kappa shape index (κ1) is 25.7. The number of sulfonamides is 1. The van der Waals surface area contributed by atoms with Crippen LogP contribution >= 0.6 is 15.9 Å². The van der Waals surface area contributed by atoms with Crippen molar-refractivity contribution in [2.45, 2.75) is 18.7 Å². The number of hydrogen-bond acceptors (Lipinski definition) is 5. The average Bonchev–Trinajstić information content (AvgIpc) is 2.84. The zero-order valence-corrected chi connectivity index (χ0v) is 21.6. The highest BCUT2D eigenvalue weighted by atomic mass is 79.9. The quantitative estimate of drug-likeness (QED) is 0.379. The largest absolute Gasteiger partial charge is 0.495 e. The first-order valence-electron chi connectivity index (χ1n) is 10.8. The van der Waals surface area contributed by atoms with E-state index in [1.165, 1.54) is 29.6 Å². The summed E-state index contributed by atoms with van der Waals surface area (Å²) in [6.45, 7) is 3.97. The Balaban J connectivity index is 1.72. The number of carbonyl (C=O) groups is 1. The molecule has 0 saturated carbocycles. The van der Waals surface area contributed by atoms with Crippen molar-refractivity contribution in [2.24, 2.45) is 0 Å². The lowest BCUT2D eigenvalue weighted by Gasteiger charge is -2.19. The van der Waals surface area contributed by atoms with Gasteiger partial charge in [-0.25, -0.2) is 8.42 Å². The van der Waals surface area contributed by atoms with Crippen LogP contribution in [0.1, 0.15) is 13.8 Å². The van der Waals surface area contributed by atoms with Crippen LogP contribution in [0.15, 0.2) is 76.1 Å². The highest BCUT2D eigenvalue weighted by Crippen LogP contribution is 2.31. The van der Waals surface area contributed by atoms with Crippen LogP contribution in [-0.4, -0.2) is 45.4 Å². The van der Waals surface area contributed by atoms with Crippen molar-refractivity contribution >= 4 is 37.5 Å². The summed E-state index contributed by atoms with van der Waals surface area (Å²) in [5.74, 6) is 0.412. The lowest BCUT2D eigenvalue weighted by molar-refractivity contribution is -0.118. The van der Waals surface area contributed by atoms with E-state index in [4.69, 9.17) is 9.47 Å². The number of benzene rings is 3. The molecular weight excluding hydrogens is 520 g/mol. The first-order valence-corrected chi connectivity index (χ1v) is 13.0. The summed E-state index contributed by atoms with van der Waals surface area (Å²) in [6.07, 6.45) is 0. The van der Waals surface area contributed by atoms with Crippen LogP contribution in [0.3, 0.4) is 0 Å². The van der Waals surface area contributed by atoms with Gasteiger partial charge in [0.25, 0.3) is 5.91 Å². The maximum atomic E-state index is 12.9. The molecule has 0 saturated heterocycles. The maximum Gasteiger partial charge on any atom is 0.262 e. The zero-order valence-electron chi connectivity index (χ0n) is 19.2. The Morgan fingerprint density at radius 3 is 2.24 bits per heavy atom. The van der Waals surface area contributed by atoms with Gasteiger partial charge in [0.2, 0.25) is 10.0 Å². The molecule has 0 fully saturated rings. The third-order valence-corrected chi connectivity index (χ3v) is 7.85. The number of nitrogens with one attached hydrogen (secondary N) is 1. The molecular formula is C25H27BrN2O5S. The van der Waals surface area contributed by atoms with E-state index in [0.717, 1.165) is 11.1 Å². The minimum Gasteiger partial charge on any atom is -0.495 e. The number of methoxy groups -OCH3 is 1. The van der Waals surface area contributed by atoms with Crippen molar-refractivity contribution in [1.82, 2.24) is 4.31 Å². The molecule has 0 bridgehead atoms. The molecule has 0 unspecified atom stereocenters. The molecule has 0 aliphatic heterocycles. The van der Waals surface area contributed by atoms with E-state index in [1.807, 2.05) is 42.5 Å². The highest BCUT2D eigenvalue weighted by molar-refractivity contribution is 9.10. The van der Waals surface area contributed by atoms with Crippen LogP contribution in [0.4, 0.5) is 5.69 Å². The molecule has 1 N–H and O–H groups in total. The summed E-state index contributed by atoms with van der Waals surface area (Å²) >= 11 is 3.49. The normalized spacial score (nSPS) is 11.3. The summed E-state index contributed by atoms with van der Waals surface area (Å²) < 4.78 is 38.7. The van der Waals surface area contributed by atoms with Crippen LogP contribution in [-0.2, 0) is 14.8 Å². The van der Waals surface area contributed by atoms with Gasteiger partial charge in [-0.05, 0) is 57.4 Å². The number of carbonyl (C=O) groups excluding carboxylic acids is 1. The first-order chi connectivity index (χ1) is 16.3. The maximum absolute atomic E-state index is 12.9. The van der Waals surface area contributed by atoms with Crippen molar-refractivity contribution in [3.05, 3.63) is 71.2 Å². The van der Waals surface area contributed by atoms with Crippen LogP contribution in [0, 0.1) is 0 Å². The minimum atomic E-state index is -3.68. The average molecular weight is 547 g/mol. The summed E-state index contributed by atoms with van der Waals surface area (Å²) in [5, 5.41) is 2.69. The SMILES string of the molecule is CCN(CC)S(=O)(=O)c1ccc(OC)c(NC(=O)COc2ccc(-c3ccccc3)cc2Br)c1. The van der Waals surface area contributed by atoms with Gasteiger partial charge in [-0.1, -0.05) is 50.2 Å². The van der Waals surface area contributed by atoms with Gasteiger partial charge in [0.05, 0.1) is 22.2 Å². The van der Waals surface area contributed by atoms with E-state index in [9.17, 15) is 13.2 Å². The van der Waals surface area contributed by atoms with Crippen LogP contribution in [0.25, 0.3) is 11.1 Å². The van der Waals surface area contributed by atoms with Crippen LogP contribution in [0.5, 0.6) is 11.5 Å². The van der Waals surface area contributed by atoms with E-state index in [0.29, 0.717) is 29.1 Å². The van der Waals surface area contributed by atoms with Gasteiger partial charge in [-0.15, -0.1) is 0 Å². The molecule has 3 rings (SSSR count). The predicted octanol–water partition coefficient (Wildman–Crippen LogP) is 5.17. The molecule has 0 aliphatic rings. The third kappa shape index (κ3) is 5.97.